The summed E-state index contributed by atoms with van der Waals surface area (Å²) >= 11 is 5.76. The summed E-state index contributed by atoms with van der Waals surface area (Å²) in [6, 6.07) is 12.5. The molecule has 29 heavy (non-hydrogen) atoms. The molecule has 0 unspecified atom stereocenters. The molecule has 146 valence electrons. The van der Waals surface area contributed by atoms with Crippen LogP contribution >= 0.6 is 12.2 Å². The zero-order valence-corrected chi connectivity index (χ0v) is 17.0. The van der Waals surface area contributed by atoms with E-state index in [0.29, 0.717) is 22.1 Å². The van der Waals surface area contributed by atoms with Crippen molar-refractivity contribution in [3.63, 3.8) is 0 Å². The molecule has 0 atom stereocenters. The molecule has 0 aromatic heterocycles. The minimum absolute atomic E-state index is 0.0286. The molecule has 0 radical (unpaired) electrons. The fourth-order valence-corrected chi connectivity index (χ4v) is 4.49. The van der Waals surface area contributed by atoms with Crippen LogP contribution in [0.15, 0.2) is 42.5 Å². The number of nitrogens with zero attached hydrogens (tertiary/aromatic N) is 3. The first-order valence-corrected chi connectivity index (χ1v) is 9.83. The molecule has 2 aromatic carbocycles. The Morgan fingerprint density at radius 3 is 2.34 bits per heavy atom. The zero-order valence-electron chi connectivity index (χ0n) is 16.2. The number of benzene rings is 2. The lowest BCUT2D eigenvalue weighted by Crippen LogP contribution is -2.55. The smallest absolute Gasteiger partial charge is 0.259 e. The summed E-state index contributed by atoms with van der Waals surface area (Å²) in [5, 5.41) is 3.03. The molecule has 4 rings (SSSR count). The van der Waals surface area contributed by atoms with Gasteiger partial charge in [0.05, 0.1) is 6.57 Å². The van der Waals surface area contributed by atoms with Crippen LogP contribution < -0.4 is 15.1 Å². The Kier molecular flexibility index (Phi) is 4.59. The molecule has 2 aromatic rings. The first-order valence-electron chi connectivity index (χ1n) is 9.42. The third kappa shape index (κ3) is 2.79. The van der Waals surface area contributed by atoms with Crippen molar-refractivity contribution < 1.29 is 9.59 Å². The molecule has 1 spiro atoms. The van der Waals surface area contributed by atoms with Crippen LogP contribution in [0.2, 0.25) is 0 Å². The fourth-order valence-electron chi connectivity index (χ4n) is 4.02. The molecule has 0 bridgehead atoms. The number of anilines is 2. The summed E-state index contributed by atoms with van der Waals surface area (Å²) in [6.07, 6.45) is 2.43. The summed E-state index contributed by atoms with van der Waals surface area (Å²) in [6.45, 7) is 9.09. The lowest BCUT2D eigenvalue weighted by Gasteiger charge is -2.43. The van der Waals surface area contributed by atoms with Crippen LogP contribution in [0.4, 0.5) is 17.1 Å². The van der Waals surface area contributed by atoms with Crippen molar-refractivity contribution in [3.8, 4) is 0 Å². The maximum Gasteiger partial charge on any atom is 0.259 e. The number of amides is 2. The molecule has 2 aliphatic rings. The first-order chi connectivity index (χ1) is 13.9. The molecule has 7 heteroatoms. The van der Waals surface area contributed by atoms with Gasteiger partial charge < -0.3 is 10.2 Å². The second-order valence-electron chi connectivity index (χ2n) is 7.35. The van der Waals surface area contributed by atoms with Gasteiger partial charge in [-0.1, -0.05) is 6.07 Å². The number of aryl methyl sites for hydroxylation is 1. The molecular weight excluding hydrogens is 384 g/mol. The van der Waals surface area contributed by atoms with Gasteiger partial charge in [0.1, 0.15) is 5.54 Å². The Labute approximate surface area is 174 Å². The van der Waals surface area contributed by atoms with Gasteiger partial charge in [-0.05, 0) is 80.4 Å². The predicted molar refractivity (Wildman–Crippen MR) is 116 cm³/mol. The van der Waals surface area contributed by atoms with Gasteiger partial charge in [0.25, 0.3) is 11.8 Å². The lowest BCUT2D eigenvalue weighted by molar-refractivity contribution is -0.123. The number of nitrogens with one attached hydrogen (secondary N) is 1. The van der Waals surface area contributed by atoms with Crippen LogP contribution in [0.3, 0.4) is 0 Å². The number of hydrogen-bond donors (Lipinski definition) is 1. The van der Waals surface area contributed by atoms with Gasteiger partial charge >= 0.3 is 0 Å². The van der Waals surface area contributed by atoms with E-state index in [-0.39, 0.29) is 11.8 Å². The largest absolute Gasteiger partial charge is 0.355 e. The highest BCUT2D eigenvalue weighted by Crippen LogP contribution is 2.48. The molecule has 6 nitrogen and oxygen atoms in total. The Morgan fingerprint density at radius 2 is 1.83 bits per heavy atom. The summed E-state index contributed by atoms with van der Waals surface area (Å²) in [5.41, 5.74) is 2.74. The Hall–Kier alpha value is -3.24. The minimum Gasteiger partial charge on any atom is -0.355 e. The van der Waals surface area contributed by atoms with Crippen molar-refractivity contribution in [2.24, 2.45) is 0 Å². The monoisotopic (exact) mass is 404 g/mol. The minimum atomic E-state index is -0.669. The molecule has 1 aliphatic heterocycles. The first kappa shape index (κ1) is 19.1. The van der Waals surface area contributed by atoms with Crippen LogP contribution in [0, 0.1) is 13.5 Å². The van der Waals surface area contributed by atoms with Gasteiger partial charge in [-0.25, -0.2) is 4.85 Å². The van der Waals surface area contributed by atoms with Crippen LogP contribution in [0.1, 0.15) is 35.2 Å². The number of hydrogen-bond acceptors (Lipinski definition) is 3. The summed E-state index contributed by atoms with van der Waals surface area (Å²) in [5.74, 6) is -0.189. The summed E-state index contributed by atoms with van der Waals surface area (Å²) in [4.78, 5) is 32.3. The Balaban J connectivity index is 1.75. The van der Waals surface area contributed by atoms with Crippen LogP contribution in [0.5, 0.6) is 0 Å². The maximum atomic E-state index is 13.5. The van der Waals surface area contributed by atoms with Crippen molar-refractivity contribution in [2.75, 3.05) is 16.8 Å². The highest BCUT2D eigenvalue weighted by atomic mass is 32.1. The lowest BCUT2D eigenvalue weighted by atomic mass is 9.75. The van der Waals surface area contributed by atoms with Gasteiger partial charge in [-0.15, -0.1) is 0 Å². The van der Waals surface area contributed by atoms with Crippen LogP contribution in [-0.2, 0) is 4.79 Å². The average Bonchev–Trinajstić information content (AvgIpc) is 2.94. The average molecular weight is 404 g/mol. The summed E-state index contributed by atoms with van der Waals surface area (Å²) in [7, 11) is 1.59. The van der Waals surface area contributed by atoms with E-state index in [1.54, 1.807) is 36.2 Å². The van der Waals surface area contributed by atoms with Crippen molar-refractivity contribution >= 4 is 46.2 Å². The van der Waals surface area contributed by atoms with Gasteiger partial charge in [-0.2, -0.15) is 0 Å². The Morgan fingerprint density at radius 1 is 1.17 bits per heavy atom. The Bertz CT molecular complexity index is 1070. The number of rotatable bonds is 3. The molecule has 2 amide bonds. The normalized spacial score (nSPS) is 17.3. The van der Waals surface area contributed by atoms with Crippen LogP contribution in [0.25, 0.3) is 4.85 Å². The number of carbonyl (C=O) groups is 2. The van der Waals surface area contributed by atoms with Crippen LogP contribution in [-0.4, -0.2) is 29.5 Å². The van der Waals surface area contributed by atoms with Crippen molar-refractivity contribution in [2.45, 2.75) is 31.7 Å². The van der Waals surface area contributed by atoms with E-state index in [1.807, 2.05) is 30.0 Å². The van der Waals surface area contributed by atoms with E-state index in [9.17, 15) is 9.59 Å². The standard InChI is InChI=1S/C22H20N4O2S/c1-14-13-17(9-10-18(14)23-2)25-20(28)22(11-4-12-22)26(21(25)29)16-7-5-15(6-8-16)19(27)24-3/h5-10,13H,4,11-12H2,1,3H3,(H,24,27). The van der Waals surface area contributed by atoms with Gasteiger partial charge in [0, 0.05) is 24.0 Å². The second-order valence-corrected chi connectivity index (χ2v) is 7.72. The molecule has 1 saturated carbocycles. The summed E-state index contributed by atoms with van der Waals surface area (Å²) < 4.78 is 0. The molecule has 2 fully saturated rings. The third-order valence-electron chi connectivity index (χ3n) is 5.77. The topological polar surface area (TPSA) is 57.0 Å². The molecular formula is C22H20N4O2S. The van der Waals surface area contributed by atoms with Gasteiger partial charge in [0.2, 0.25) is 0 Å². The van der Waals surface area contributed by atoms with E-state index >= 15 is 0 Å². The molecule has 1 N–H and O–H groups in total. The quantitative estimate of drug-likeness (QED) is 0.621. The van der Waals surface area contributed by atoms with Gasteiger partial charge in [0.15, 0.2) is 10.8 Å². The third-order valence-corrected chi connectivity index (χ3v) is 6.13. The predicted octanol–water partition coefficient (Wildman–Crippen LogP) is 3.97. The fraction of sp³-hybridized carbons (Fsp3) is 0.273. The van der Waals surface area contributed by atoms with Crippen molar-refractivity contribution in [1.29, 1.82) is 0 Å². The maximum absolute atomic E-state index is 13.5. The highest BCUT2D eigenvalue weighted by molar-refractivity contribution is 7.81. The SMILES string of the molecule is [C-]#[N+]c1ccc(N2C(=O)C3(CCC3)N(c3ccc(C(=O)NC)cc3)C2=S)cc1C. The number of thiocarbonyl (C=S) groups is 1. The molecule has 1 heterocycles. The highest BCUT2D eigenvalue weighted by Gasteiger charge is 2.59. The van der Waals surface area contributed by atoms with E-state index in [1.165, 1.54) is 0 Å². The number of carbonyl (C=O) groups excluding carboxylic acids is 2. The van der Waals surface area contributed by atoms with E-state index in [4.69, 9.17) is 18.8 Å². The molecule has 1 aliphatic carbocycles. The molecule has 1 saturated heterocycles. The van der Waals surface area contributed by atoms with Crippen molar-refractivity contribution in [1.82, 2.24) is 5.32 Å². The van der Waals surface area contributed by atoms with Crippen molar-refractivity contribution in [3.05, 3.63) is 65.0 Å². The zero-order chi connectivity index (χ0) is 20.8. The van der Waals surface area contributed by atoms with E-state index in [0.717, 1.165) is 30.5 Å². The van der Waals surface area contributed by atoms with E-state index < -0.39 is 5.54 Å². The van der Waals surface area contributed by atoms with Gasteiger partial charge in [-0.3, -0.25) is 14.5 Å². The van der Waals surface area contributed by atoms with E-state index in [2.05, 4.69) is 10.2 Å². The second kappa shape index (κ2) is 6.98.